The molecule has 0 amide bonds. The maximum absolute atomic E-state index is 9.16. The highest BCUT2D eigenvalue weighted by molar-refractivity contribution is 6.30. The van der Waals surface area contributed by atoms with Gasteiger partial charge in [-0.05, 0) is 31.4 Å². The highest BCUT2D eigenvalue weighted by atomic mass is 35.5. The Labute approximate surface area is 123 Å². The first-order valence-electron chi connectivity index (χ1n) is 6.97. The summed E-state index contributed by atoms with van der Waals surface area (Å²) in [7, 11) is 0. The normalized spacial score (nSPS) is 15.1. The van der Waals surface area contributed by atoms with Gasteiger partial charge in [0.25, 0.3) is 0 Å². The SMILES string of the molecule is OCCn1nc(-c2cccc(Cl)c2)cc1NC1CCC1. The lowest BCUT2D eigenvalue weighted by molar-refractivity contribution is 0.270. The van der Waals surface area contributed by atoms with Crippen molar-refractivity contribution in [2.45, 2.75) is 31.8 Å². The second-order valence-electron chi connectivity index (χ2n) is 5.14. The molecule has 2 aromatic rings. The van der Waals surface area contributed by atoms with Crippen LogP contribution in [-0.2, 0) is 6.54 Å². The zero-order chi connectivity index (χ0) is 13.9. The van der Waals surface area contributed by atoms with E-state index in [1.165, 1.54) is 19.3 Å². The second-order valence-corrected chi connectivity index (χ2v) is 5.58. The van der Waals surface area contributed by atoms with Gasteiger partial charge >= 0.3 is 0 Å². The summed E-state index contributed by atoms with van der Waals surface area (Å²) in [5.74, 6) is 0.971. The first kappa shape index (κ1) is 13.5. The monoisotopic (exact) mass is 291 g/mol. The molecule has 1 aliphatic carbocycles. The first-order chi connectivity index (χ1) is 9.76. The van der Waals surface area contributed by atoms with E-state index in [9.17, 15) is 0 Å². The average Bonchev–Trinajstić information content (AvgIpc) is 2.78. The van der Waals surface area contributed by atoms with E-state index in [1.54, 1.807) is 0 Å². The van der Waals surface area contributed by atoms with Crippen LogP contribution >= 0.6 is 11.6 Å². The predicted octanol–water partition coefficient (Wildman–Crippen LogP) is 3.16. The molecule has 5 heteroatoms. The number of benzene rings is 1. The number of aliphatic hydroxyl groups is 1. The third kappa shape index (κ3) is 2.81. The van der Waals surface area contributed by atoms with Gasteiger partial charge in [0, 0.05) is 22.7 Å². The van der Waals surface area contributed by atoms with Gasteiger partial charge in [-0.25, -0.2) is 4.68 Å². The Morgan fingerprint density at radius 3 is 2.85 bits per heavy atom. The van der Waals surface area contributed by atoms with Gasteiger partial charge in [-0.15, -0.1) is 0 Å². The number of nitrogens with one attached hydrogen (secondary N) is 1. The number of hydrogen-bond acceptors (Lipinski definition) is 3. The van der Waals surface area contributed by atoms with Crippen LogP contribution in [0.2, 0.25) is 5.02 Å². The molecule has 0 spiro atoms. The summed E-state index contributed by atoms with van der Waals surface area (Å²) >= 11 is 6.03. The molecule has 20 heavy (non-hydrogen) atoms. The molecule has 0 atom stereocenters. The van der Waals surface area contributed by atoms with Gasteiger partial charge in [-0.1, -0.05) is 23.7 Å². The zero-order valence-electron chi connectivity index (χ0n) is 11.2. The van der Waals surface area contributed by atoms with E-state index in [-0.39, 0.29) is 6.61 Å². The summed E-state index contributed by atoms with van der Waals surface area (Å²) in [6.07, 6.45) is 3.70. The Hall–Kier alpha value is -1.52. The third-order valence-electron chi connectivity index (χ3n) is 3.67. The Morgan fingerprint density at radius 2 is 2.20 bits per heavy atom. The van der Waals surface area contributed by atoms with Crippen LogP contribution in [0.5, 0.6) is 0 Å². The molecule has 0 radical (unpaired) electrons. The summed E-state index contributed by atoms with van der Waals surface area (Å²) in [6, 6.07) is 10.2. The molecule has 1 aromatic heterocycles. The van der Waals surface area contributed by atoms with Crippen molar-refractivity contribution in [2.75, 3.05) is 11.9 Å². The summed E-state index contributed by atoms with van der Waals surface area (Å²) in [6.45, 7) is 0.575. The molecule has 0 unspecified atom stereocenters. The Morgan fingerprint density at radius 1 is 1.35 bits per heavy atom. The molecule has 1 saturated carbocycles. The fourth-order valence-corrected chi connectivity index (χ4v) is 2.54. The molecule has 1 heterocycles. The van der Waals surface area contributed by atoms with Crippen LogP contribution in [0, 0.1) is 0 Å². The topological polar surface area (TPSA) is 50.1 Å². The highest BCUT2D eigenvalue weighted by Crippen LogP contribution is 2.27. The standard InChI is InChI=1S/C15H18ClN3O/c16-12-4-1-3-11(9-12)14-10-15(17-13-5-2-6-13)19(18-14)7-8-20/h1,3-4,9-10,13,17,20H,2,5-8H2. The Balaban J connectivity index is 1.89. The lowest BCUT2D eigenvalue weighted by Crippen LogP contribution is -2.28. The van der Waals surface area contributed by atoms with Crippen LogP contribution < -0.4 is 5.32 Å². The van der Waals surface area contributed by atoms with Gasteiger partial charge in [0.1, 0.15) is 5.82 Å². The lowest BCUT2D eigenvalue weighted by atomic mass is 9.93. The molecule has 0 saturated heterocycles. The van der Waals surface area contributed by atoms with Gasteiger partial charge in [0.2, 0.25) is 0 Å². The maximum atomic E-state index is 9.16. The van der Waals surface area contributed by atoms with Crippen molar-refractivity contribution in [3.8, 4) is 11.3 Å². The lowest BCUT2D eigenvalue weighted by Gasteiger charge is -2.27. The quantitative estimate of drug-likeness (QED) is 0.890. The Kier molecular flexibility index (Phi) is 3.94. The average molecular weight is 292 g/mol. The van der Waals surface area contributed by atoms with Gasteiger partial charge in [-0.3, -0.25) is 0 Å². The molecule has 106 valence electrons. The van der Waals surface area contributed by atoms with E-state index in [1.807, 2.05) is 35.0 Å². The molecule has 3 rings (SSSR count). The van der Waals surface area contributed by atoms with E-state index >= 15 is 0 Å². The van der Waals surface area contributed by atoms with Crippen molar-refractivity contribution in [2.24, 2.45) is 0 Å². The van der Waals surface area contributed by atoms with Gasteiger partial charge in [0.15, 0.2) is 0 Å². The number of hydrogen-bond donors (Lipinski definition) is 2. The molecule has 1 aliphatic rings. The van der Waals surface area contributed by atoms with Gasteiger partial charge in [-0.2, -0.15) is 5.10 Å². The molecule has 0 bridgehead atoms. The van der Waals surface area contributed by atoms with Crippen molar-refractivity contribution in [1.29, 1.82) is 0 Å². The third-order valence-corrected chi connectivity index (χ3v) is 3.90. The fraction of sp³-hybridized carbons (Fsp3) is 0.400. The largest absolute Gasteiger partial charge is 0.394 e. The Bertz CT molecular complexity index is 593. The minimum absolute atomic E-state index is 0.0794. The van der Waals surface area contributed by atoms with Crippen LogP contribution in [0.3, 0.4) is 0 Å². The first-order valence-corrected chi connectivity index (χ1v) is 7.35. The predicted molar refractivity (Wildman–Crippen MR) is 81.0 cm³/mol. The van der Waals surface area contributed by atoms with Crippen molar-refractivity contribution in [3.63, 3.8) is 0 Å². The molecule has 4 nitrogen and oxygen atoms in total. The molecule has 0 aliphatic heterocycles. The number of aliphatic hydroxyl groups excluding tert-OH is 1. The number of aromatic nitrogens is 2. The summed E-state index contributed by atoms with van der Waals surface area (Å²) in [4.78, 5) is 0. The minimum Gasteiger partial charge on any atom is -0.394 e. The smallest absolute Gasteiger partial charge is 0.125 e. The summed E-state index contributed by atoms with van der Waals surface area (Å²) in [5.41, 5.74) is 1.87. The zero-order valence-corrected chi connectivity index (χ0v) is 12.0. The molecular formula is C15H18ClN3O. The van der Waals surface area contributed by atoms with Crippen LogP contribution in [-0.4, -0.2) is 27.5 Å². The molecule has 2 N–H and O–H groups in total. The minimum atomic E-state index is 0.0794. The van der Waals surface area contributed by atoms with E-state index in [2.05, 4.69) is 10.4 Å². The summed E-state index contributed by atoms with van der Waals surface area (Å²) in [5, 5.41) is 17.9. The van der Waals surface area contributed by atoms with Crippen LogP contribution in [0.1, 0.15) is 19.3 Å². The van der Waals surface area contributed by atoms with Crippen LogP contribution in [0.15, 0.2) is 30.3 Å². The molecular weight excluding hydrogens is 274 g/mol. The summed E-state index contributed by atoms with van der Waals surface area (Å²) < 4.78 is 1.83. The number of rotatable bonds is 5. The van der Waals surface area contributed by atoms with E-state index < -0.39 is 0 Å². The van der Waals surface area contributed by atoms with Crippen molar-refractivity contribution >= 4 is 17.4 Å². The maximum Gasteiger partial charge on any atom is 0.125 e. The number of anilines is 1. The van der Waals surface area contributed by atoms with E-state index in [0.29, 0.717) is 17.6 Å². The van der Waals surface area contributed by atoms with Crippen LogP contribution in [0.4, 0.5) is 5.82 Å². The highest BCUT2D eigenvalue weighted by Gasteiger charge is 2.19. The van der Waals surface area contributed by atoms with Gasteiger partial charge in [0.05, 0.1) is 18.8 Å². The second kappa shape index (κ2) is 5.85. The fourth-order valence-electron chi connectivity index (χ4n) is 2.35. The van der Waals surface area contributed by atoms with Crippen LogP contribution in [0.25, 0.3) is 11.3 Å². The number of halogens is 1. The number of nitrogens with zero attached hydrogens (tertiary/aromatic N) is 2. The van der Waals surface area contributed by atoms with Crippen molar-refractivity contribution in [3.05, 3.63) is 35.4 Å². The molecule has 1 fully saturated rings. The van der Waals surface area contributed by atoms with E-state index in [0.717, 1.165) is 17.1 Å². The van der Waals surface area contributed by atoms with E-state index in [4.69, 9.17) is 16.7 Å². The van der Waals surface area contributed by atoms with Crippen molar-refractivity contribution in [1.82, 2.24) is 9.78 Å². The van der Waals surface area contributed by atoms with Crippen molar-refractivity contribution < 1.29 is 5.11 Å². The molecule has 1 aromatic carbocycles. The van der Waals surface area contributed by atoms with Gasteiger partial charge < -0.3 is 10.4 Å².